The van der Waals surface area contributed by atoms with Crippen molar-refractivity contribution in [1.29, 1.82) is 0 Å². The first-order chi connectivity index (χ1) is 21.2. The molecule has 0 fully saturated rings. The number of carbonyl (C=O) groups is 2. The highest BCUT2D eigenvalue weighted by atomic mass is 32.2. The minimum Gasteiger partial charge on any atom is -0.497 e. The number of benzene rings is 4. The normalized spacial score (nSPS) is 11.7. The molecule has 0 radical (unpaired) electrons. The fourth-order valence-corrected chi connectivity index (χ4v) is 5.58. The van der Waals surface area contributed by atoms with Crippen LogP contribution < -0.4 is 19.1 Å². The van der Waals surface area contributed by atoms with Crippen LogP contribution in [0, 0.1) is 0 Å². The van der Waals surface area contributed by atoms with E-state index >= 15 is 0 Å². The number of sulfonamides is 1. The molecule has 4 aromatic rings. The zero-order chi connectivity index (χ0) is 31.5. The van der Waals surface area contributed by atoms with Crippen LogP contribution in [0.1, 0.15) is 18.1 Å². The summed E-state index contributed by atoms with van der Waals surface area (Å²) in [5.41, 5.74) is 1.88. The molecule has 0 bridgehead atoms. The lowest BCUT2D eigenvalue weighted by Gasteiger charge is -2.33. The van der Waals surface area contributed by atoms with Crippen LogP contribution in [0.3, 0.4) is 0 Å². The molecule has 0 spiro atoms. The van der Waals surface area contributed by atoms with Gasteiger partial charge in [-0.05, 0) is 66.6 Å². The van der Waals surface area contributed by atoms with Gasteiger partial charge in [-0.2, -0.15) is 0 Å². The lowest BCUT2D eigenvalue weighted by molar-refractivity contribution is -0.140. The third kappa shape index (κ3) is 8.84. The van der Waals surface area contributed by atoms with Gasteiger partial charge in [-0.25, -0.2) is 8.42 Å². The molecule has 0 aromatic heterocycles. The van der Waals surface area contributed by atoms with Gasteiger partial charge in [-0.1, -0.05) is 60.7 Å². The molecule has 9 nitrogen and oxygen atoms in total. The maximum Gasteiger partial charge on any atom is 0.244 e. The summed E-state index contributed by atoms with van der Waals surface area (Å²) in [5, 5.41) is 2.85. The SMILES string of the molecule is CCNC(=O)C(Cc1ccccc1)N(Cc1cccc(OC)c1)C(=O)CN(c1ccc(Oc2ccccc2)cc1)S(C)(=O)=O. The lowest BCUT2D eigenvalue weighted by atomic mass is 10.0. The second kappa shape index (κ2) is 15.1. The number of carbonyl (C=O) groups excluding carboxylic acids is 2. The van der Waals surface area contributed by atoms with E-state index in [1.165, 1.54) is 4.90 Å². The molecule has 0 saturated carbocycles. The monoisotopic (exact) mass is 615 g/mol. The number of amides is 2. The molecule has 230 valence electrons. The van der Waals surface area contributed by atoms with Gasteiger partial charge in [0, 0.05) is 19.5 Å². The van der Waals surface area contributed by atoms with Crippen molar-refractivity contribution in [2.45, 2.75) is 25.9 Å². The summed E-state index contributed by atoms with van der Waals surface area (Å²) < 4.78 is 38.3. The van der Waals surface area contributed by atoms with Crippen LogP contribution in [-0.4, -0.2) is 57.6 Å². The first kappa shape index (κ1) is 32.1. The van der Waals surface area contributed by atoms with Gasteiger partial charge in [0.2, 0.25) is 21.8 Å². The smallest absolute Gasteiger partial charge is 0.244 e. The molecule has 2 amide bonds. The van der Waals surface area contributed by atoms with Crippen molar-refractivity contribution in [1.82, 2.24) is 10.2 Å². The highest BCUT2D eigenvalue weighted by Crippen LogP contribution is 2.26. The Kier molecular flexibility index (Phi) is 11.0. The number of methoxy groups -OCH3 is 1. The Labute approximate surface area is 259 Å². The number of nitrogens with one attached hydrogen (secondary N) is 1. The van der Waals surface area contributed by atoms with Crippen molar-refractivity contribution in [2.24, 2.45) is 0 Å². The largest absolute Gasteiger partial charge is 0.497 e. The zero-order valence-corrected chi connectivity index (χ0v) is 25.9. The Morgan fingerprint density at radius 1 is 0.795 bits per heavy atom. The minimum absolute atomic E-state index is 0.0616. The summed E-state index contributed by atoms with van der Waals surface area (Å²) >= 11 is 0. The summed E-state index contributed by atoms with van der Waals surface area (Å²) in [6.07, 6.45) is 1.29. The fourth-order valence-electron chi connectivity index (χ4n) is 4.73. The molecule has 1 unspecified atom stereocenters. The summed E-state index contributed by atoms with van der Waals surface area (Å²) in [4.78, 5) is 29.1. The zero-order valence-electron chi connectivity index (χ0n) is 25.1. The van der Waals surface area contributed by atoms with E-state index in [0.717, 1.165) is 21.7 Å². The van der Waals surface area contributed by atoms with E-state index in [1.807, 2.05) is 73.7 Å². The number of anilines is 1. The number of hydrogen-bond acceptors (Lipinski definition) is 6. The number of likely N-dealkylation sites (N-methyl/N-ethyl adjacent to an activating group) is 1. The second-order valence-corrected chi connectivity index (χ2v) is 12.1. The maximum atomic E-state index is 14.2. The van der Waals surface area contributed by atoms with Crippen molar-refractivity contribution in [2.75, 3.05) is 30.8 Å². The number of ether oxygens (including phenoxy) is 2. The van der Waals surface area contributed by atoms with Gasteiger partial charge in [-0.15, -0.1) is 0 Å². The Balaban J connectivity index is 1.67. The molecule has 4 aromatic carbocycles. The van der Waals surface area contributed by atoms with Crippen LogP contribution in [0.2, 0.25) is 0 Å². The maximum absolute atomic E-state index is 14.2. The van der Waals surface area contributed by atoms with Gasteiger partial charge < -0.3 is 19.7 Å². The molecule has 4 rings (SSSR count). The summed E-state index contributed by atoms with van der Waals surface area (Å²) in [7, 11) is -2.34. The number of para-hydroxylation sites is 1. The highest BCUT2D eigenvalue weighted by molar-refractivity contribution is 7.92. The lowest BCUT2D eigenvalue weighted by Crippen LogP contribution is -2.53. The van der Waals surface area contributed by atoms with E-state index in [-0.39, 0.29) is 18.9 Å². The van der Waals surface area contributed by atoms with Gasteiger partial charge in [0.1, 0.15) is 29.8 Å². The fraction of sp³-hybridized carbons (Fsp3) is 0.235. The molecular formula is C34H37N3O6S. The molecule has 44 heavy (non-hydrogen) atoms. The predicted octanol–water partition coefficient (Wildman–Crippen LogP) is 5.03. The molecule has 1 N–H and O–H groups in total. The molecule has 1 atom stereocenters. The number of nitrogens with zero attached hydrogens (tertiary/aromatic N) is 2. The molecule has 0 heterocycles. The van der Waals surface area contributed by atoms with Crippen LogP contribution in [0.15, 0.2) is 109 Å². The molecule has 0 aliphatic heterocycles. The van der Waals surface area contributed by atoms with Crippen LogP contribution in [0.5, 0.6) is 17.2 Å². The van der Waals surface area contributed by atoms with Crippen molar-refractivity contribution < 1.29 is 27.5 Å². The van der Waals surface area contributed by atoms with E-state index in [9.17, 15) is 18.0 Å². The summed E-state index contributed by atoms with van der Waals surface area (Å²) in [6.45, 7) is 1.74. The Bertz CT molecular complexity index is 1630. The standard InChI is InChI=1S/C34H37N3O6S/c1-4-35-34(39)32(23-26-12-7-5-8-13-26)36(24-27-14-11-17-31(22-27)42-2)33(38)25-37(44(3,40)41)28-18-20-30(21-19-28)43-29-15-9-6-10-16-29/h5-22,32H,4,23-25H2,1-3H3,(H,35,39). The van der Waals surface area contributed by atoms with Gasteiger partial charge >= 0.3 is 0 Å². The van der Waals surface area contributed by atoms with Crippen molar-refractivity contribution in [3.05, 3.63) is 120 Å². The molecule has 0 aliphatic carbocycles. The summed E-state index contributed by atoms with van der Waals surface area (Å²) in [6, 6.07) is 31.4. The van der Waals surface area contributed by atoms with Gasteiger partial charge in [0.25, 0.3) is 0 Å². The van der Waals surface area contributed by atoms with Gasteiger partial charge in [-0.3, -0.25) is 13.9 Å². The first-order valence-electron chi connectivity index (χ1n) is 14.2. The Morgan fingerprint density at radius 3 is 2.00 bits per heavy atom. The summed E-state index contributed by atoms with van der Waals surface area (Å²) in [5.74, 6) is 0.885. The second-order valence-electron chi connectivity index (χ2n) is 10.2. The molecule has 0 saturated heterocycles. The van der Waals surface area contributed by atoms with E-state index in [2.05, 4.69) is 5.32 Å². The van der Waals surface area contributed by atoms with E-state index in [1.54, 1.807) is 49.6 Å². The van der Waals surface area contributed by atoms with Gasteiger partial charge in [0.15, 0.2) is 0 Å². The topological polar surface area (TPSA) is 105 Å². The predicted molar refractivity (Wildman–Crippen MR) is 171 cm³/mol. The minimum atomic E-state index is -3.89. The highest BCUT2D eigenvalue weighted by Gasteiger charge is 2.33. The third-order valence-electron chi connectivity index (χ3n) is 6.89. The van der Waals surface area contributed by atoms with Crippen LogP contribution in [0.4, 0.5) is 5.69 Å². The Morgan fingerprint density at radius 2 is 1.39 bits per heavy atom. The molecular weight excluding hydrogens is 578 g/mol. The van der Waals surface area contributed by atoms with Crippen LogP contribution in [0.25, 0.3) is 0 Å². The van der Waals surface area contributed by atoms with Gasteiger partial charge in [0.05, 0.1) is 19.1 Å². The average Bonchev–Trinajstić information content (AvgIpc) is 3.02. The average molecular weight is 616 g/mol. The quantitative estimate of drug-likeness (QED) is 0.213. The number of hydrogen-bond donors (Lipinski definition) is 1. The van der Waals surface area contributed by atoms with E-state index in [0.29, 0.717) is 29.5 Å². The number of rotatable bonds is 14. The van der Waals surface area contributed by atoms with Crippen molar-refractivity contribution in [3.63, 3.8) is 0 Å². The van der Waals surface area contributed by atoms with E-state index < -0.39 is 28.5 Å². The van der Waals surface area contributed by atoms with Crippen molar-refractivity contribution in [3.8, 4) is 17.2 Å². The van der Waals surface area contributed by atoms with Crippen molar-refractivity contribution >= 4 is 27.5 Å². The van der Waals surface area contributed by atoms with E-state index in [4.69, 9.17) is 9.47 Å². The molecule has 0 aliphatic rings. The first-order valence-corrected chi connectivity index (χ1v) is 16.1. The molecule has 10 heteroatoms. The third-order valence-corrected chi connectivity index (χ3v) is 8.03. The van der Waals surface area contributed by atoms with Crippen LogP contribution in [-0.2, 0) is 32.6 Å². The Hall–Kier alpha value is -4.83. The van der Waals surface area contributed by atoms with Crippen LogP contribution >= 0.6 is 0 Å².